The van der Waals surface area contributed by atoms with Crippen LogP contribution in [0.3, 0.4) is 0 Å². The molecule has 18 heavy (non-hydrogen) atoms. The van der Waals surface area contributed by atoms with Crippen molar-refractivity contribution in [2.75, 3.05) is 0 Å². The van der Waals surface area contributed by atoms with E-state index in [4.69, 9.17) is 0 Å². The van der Waals surface area contributed by atoms with Gasteiger partial charge in [0.2, 0.25) is 0 Å². The van der Waals surface area contributed by atoms with Gasteiger partial charge in [-0.25, -0.2) is 0 Å². The van der Waals surface area contributed by atoms with E-state index in [1.807, 2.05) is 13.0 Å². The van der Waals surface area contributed by atoms with Gasteiger partial charge in [0, 0.05) is 25.2 Å². The van der Waals surface area contributed by atoms with E-state index in [1.165, 1.54) is 0 Å². The number of nitrogens with one attached hydrogen (secondary N) is 2. The van der Waals surface area contributed by atoms with Gasteiger partial charge in [-0.2, -0.15) is 5.10 Å². The van der Waals surface area contributed by atoms with Crippen LogP contribution in [-0.4, -0.2) is 33.8 Å². The van der Waals surface area contributed by atoms with E-state index >= 15 is 0 Å². The van der Waals surface area contributed by atoms with Crippen LogP contribution in [-0.2, 0) is 7.05 Å². The van der Waals surface area contributed by atoms with E-state index in [0.717, 1.165) is 18.5 Å². The maximum absolute atomic E-state index is 12.2. The number of hydrogen-bond acceptors (Lipinski definition) is 3. The quantitative estimate of drug-likeness (QED) is 0.823. The molecule has 1 amide bonds. The first-order valence-electron chi connectivity index (χ1n) is 6.55. The Balaban J connectivity index is 2.01. The number of rotatable bonds is 2. The van der Waals surface area contributed by atoms with Crippen molar-refractivity contribution in [1.29, 1.82) is 0 Å². The zero-order chi connectivity index (χ0) is 13.3. The van der Waals surface area contributed by atoms with Gasteiger partial charge in [-0.05, 0) is 39.7 Å². The van der Waals surface area contributed by atoms with Crippen LogP contribution in [0.25, 0.3) is 0 Å². The van der Waals surface area contributed by atoms with Crippen LogP contribution in [0.4, 0.5) is 0 Å². The summed E-state index contributed by atoms with van der Waals surface area (Å²) >= 11 is 0. The summed E-state index contributed by atoms with van der Waals surface area (Å²) in [6.07, 6.45) is 2.12. The summed E-state index contributed by atoms with van der Waals surface area (Å²) in [5.41, 5.74) is 1.49. The van der Waals surface area contributed by atoms with Crippen LogP contribution < -0.4 is 10.6 Å². The molecule has 0 spiro atoms. The van der Waals surface area contributed by atoms with Crippen molar-refractivity contribution in [3.63, 3.8) is 0 Å². The zero-order valence-electron chi connectivity index (χ0n) is 11.5. The molecule has 5 heteroatoms. The van der Waals surface area contributed by atoms with Crippen molar-refractivity contribution < 1.29 is 4.79 Å². The Bertz CT molecular complexity index is 440. The Morgan fingerprint density at radius 1 is 1.50 bits per heavy atom. The summed E-state index contributed by atoms with van der Waals surface area (Å²) in [7, 11) is 1.80. The fraction of sp³-hybridized carbons (Fsp3) is 0.692. The van der Waals surface area contributed by atoms with Gasteiger partial charge in [0.15, 0.2) is 0 Å². The van der Waals surface area contributed by atoms with Crippen LogP contribution >= 0.6 is 0 Å². The highest BCUT2D eigenvalue weighted by Gasteiger charge is 2.26. The Kier molecular flexibility index (Phi) is 3.71. The number of nitrogens with zero attached hydrogens (tertiary/aromatic N) is 2. The van der Waals surface area contributed by atoms with Crippen molar-refractivity contribution in [2.24, 2.45) is 7.05 Å². The third kappa shape index (κ3) is 2.72. The largest absolute Gasteiger partial charge is 0.346 e. The molecule has 0 aromatic carbocycles. The highest BCUT2D eigenvalue weighted by molar-refractivity contribution is 5.92. The summed E-state index contributed by atoms with van der Waals surface area (Å²) < 4.78 is 1.63. The molecule has 100 valence electrons. The summed E-state index contributed by atoms with van der Waals surface area (Å²) in [6.45, 7) is 6.19. The van der Waals surface area contributed by atoms with Crippen LogP contribution in [0.2, 0.25) is 0 Å². The summed E-state index contributed by atoms with van der Waals surface area (Å²) in [5, 5.41) is 10.8. The molecule has 1 aromatic heterocycles. The first-order valence-corrected chi connectivity index (χ1v) is 6.55. The van der Waals surface area contributed by atoms with E-state index in [1.54, 1.807) is 11.7 Å². The average molecular weight is 250 g/mol. The molecular formula is C13H22N4O. The molecule has 0 radical (unpaired) electrons. The molecule has 3 unspecified atom stereocenters. The molecule has 5 nitrogen and oxygen atoms in total. The summed E-state index contributed by atoms with van der Waals surface area (Å²) in [6, 6.07) is 2.86. The molecule has 1 aromatic rings. The zero-order valence-corrected chi connectivity index (χ0v) is 11.5. The van der Waals surface area contributed by atoms with Gasteiger partial charge in [-0.1, -0.05) is 0 Å². The first-order chi connectivity index (χ1) is 8.47. The second-order valence-electron chi connectivity index (χ2n) is 5.31. The Labute approximate surface area is 108 Å². The lowest BCUT2D eigenvalue weighted by molar-refractivity contribution is 0.0905. The normalized spacial score (nSPS) is 28.1. The maximum Gasteiger partial charge on any atom is 0.269 e. The third-order valence-electron chi connectivity index (χ3n) is 3.61. The fourth-order valence-corrected chi connectivity index (χ4v) is 2.59. The van der Waals surface area contributed by atoms with E-state index in [-0.39, 0.29) is 11.9 Å². The van der Waals surface area contributed by atoms with E-state index in [0.29, 0.717) is 17.8 Å². The maximum atomic E-state index is 12.2. The molecule has 2 N–H and O–H groups in total. The minimum atomic E-state index is -0.0358. The molecule has 0 bridgehead atoms. The topological polar surface area (TPSA) is 59.0 Å². The molecule has 2 rings (SSSR count). The highest BCUT2D eigenvalue weighted by atomic mass is 16.2. The third-order valence-corrected chi connectivity index (χ3v) is 3.61. The smallest absolute Gasteiger partial charge is 0.269 e. The number of aryl methyl sites for hydroxylation is 2. The molecule has 1 aliphatic heterocycles. The predicted molar refractivity (Wildman–Crippen MR) is 70.5 cm³/mol. The lowest BCUT2D eigenvalue weighted by Crippen LogP contribution is -2.54. The van der Waals surface area contributed by atoms with Crippen LogP contribution in [0.15, 0.2) is 6.07 Å². The highest BCUT2D eigenvalue weighted by Crippen LogP contribution is 2.14. The van der Waals surface area contributed by atoms with Crippen LogP contribution in [0.5, 0.6) is 0 Å². The second kappa shape index (κ2) is 5.10. The van der Waals surface area contributed by atoms with Gasteiger partial charge in [-0.3, -0.25) is 9.48 Å². The lowest BCUT2D eigenvalue weighted by Gasteiger charge is -2.34. The minimum absolute atomic E-state index is 0.0358. The molecule has 1 aliphatic rings. The molecular weight excluding hydrogens is 228 g/mol. The summed E-state index contributed by atoms with van der Waals surface area (Å²) in [5.74, 6) is -0.0358. The Hall–Kier alpha value is -1.36. The number of carbonyl (C=O) groups is 1. The van der Waals surface area contributed by atoms with Crippen molar-refractivity contribution in [1.82, 2.24) is 20.4 Å². The van der Waals surface area contributed by atoms with Gasteiger partial charge < -0.3 is 10.6 Å². The van der Waals surface area contributed by atoms with E-state index < -0.39 is 0 Å². The van der Waals surface area contributed by atoms with Gasteiger partial charge in [-0.15, -0.1) is 0 Å². The van der Waals surface area contributed by atoms with Crippen molar-refractivity contribution in [3.05, 3.63) is 17.5 Å². The number of carbonyl (C=O) groups excluding carboxylic acids is 1. The Morgan fingerprint density at radius 3 is 2.78 bits per heavy atom. The minimum Gasteiger partial charge on any atom is -0.346 e. The number of piperidine rings is 1. The molecule has 0 saturated carbocycles. The molecule has 0 aliphatic carbocycles. The van der Waals surface area contributed by atoms with Crippen LogP contribution in [0.1, 0.15) is 42.9 Å². The van der Waals surface area contributed by atoms with Crippen molar-refractivity contribution in [2.45, 2.75) is 51.7 Å². The van der Waals surface area contributed by atoms with Crippen molar-refractivity contribution >= 4 is 5.91 Å². The molecule has 1 fully saturated rings. The van der Waals surface area contributed by atoms with Crippen LogP contribution in [0, 0.1) is 6.92 Å². The van der Waals surface area contributed by atoms with E-state index in [9.17, 15) is 4.79 Å². The van der Waals surface area contributed by atoms with Gasteiger partial charge in [0.05, 0.1) is 5.69 Å². The summed E-state index contributed by atoms with van der Waals surface area (Å²) in [4.78, 5) is 12.2. The standard InChI is InChI=1S/C13H22N4O/c1-8-5-6-11(10(3)14-8)15-13(18)12-7-9(2)16-17(12)4/h7-8,10-11,14H,5-6H2,1-4H3,(H,15,18). The monoisotopic (exact) mass is 250 g/mol. The lowest BCUT2D eigenvalue weighted by atomic mass is 9.95. The predicted octanol–water partition coefficient (Wildman–Crippen LogP) is 0.987. The Morgan fingerprint density at radius 2 is 2.22 bits per heavy atom. The van der Waals surface area contributed by atoms with Crippen molar-refractivity contribution in [3.8, 4) is 0 Å². The molecule has 2 heterocycles. The van der Waals surface area contributed by atoms with E-state index in [2.05, 4.69) is 29.6 Å². The number of aromatic nitrogens is 2. The number of amides is 1. The first kappa shape index (κ1) is 13.1. The molecule has 3 atom stereocenters. The van der Waals surface area contributed by atoms with Gasteiger partial charge in [0.1, 0.15) is 5.69 Å². The van der Waals surface area contributed by atoms with Gasteiger partial charge in [0.25, 0.3) is 5.91 Å². The average Bonchev–Trinajstić information content (AvgIpc) is 2.62. The fourth-order valence-electron chi connectivity index (χ4n) is 2.59. The molecule has 1 saturated heterocycles. The second-order valence-corrected chi connectivity index (χ2v) is 5.31. The SMILES string of the molecule is Cc1cc(C(=O)NC2CCC(C)NC2C)n(C)n1. The number of hydrogen-bond donors (Lipinski definition) is 2. The van der Waals surface area contributed by atoms with Gasteiger partial charge >= 0.3 is 0 Å².